The van der Waals surface area contributed by atoms with E-state index in [-0.39, 0.29) is 5.75 Å². The quantitative estimate of drug-likeness (QED) is 0.765. The van der Waals surface area contributed by atoms with Crippen LogP contribution in [0.25, 0.3) is 5.70 Å². The molecular formula is C19H21F3N4O3. The number of hydrogen-bond acceptors (Lipinski definition) is 6. The minimum atomic E-state index is -4.77. The molecule has 0 saturated carbocycles. The van der Waals surface area contributed by atoms with Crippen molar-refractivity contribution < 1.29 is 28.1 Å². The maximum atomic E-state index is 12.4. The first-order valence-corrected chi connectivity index (χ1v) is 8.85. The van der Waals surface area contributed by atoms with Gasteiger partial charge in [0.15, 0.2) is 0 Å². The van der Waals surface area contributed by atoms with Crippen molar-refractivity contribution in [1.29, 1.82) is 0 Å². The highest BCUT2D eigenvalue weighted by Crippen LogP contribution is 2.36. The molecule has 3 unspecified atom stereocenters. The maximum absolute atomic E-state index is 12.4. The lowest BCUT2D eigenvalue weighted by Gasteiger charge is -2.41. The van der Waals surface area contributed by atoms with Crippen LogP contribution in [0.2, 0.25) is 0 Å². The lowest BCUT2D eigenvalue weighted by atomic mass is 10.0. The van der Waals surface area contributed by atoms with Crippen molar-refractivity contribution >= 4 is 11.9 Å². The lowest BCUT2D eigenvalue weighted by molar-refractivity contribution is -0.274. The van der Waals surface area contributed by atoms with E-state index >= 15 is 0 Å². The molecule has 10 heteroatoms. The number of rotatable bonds is 6. The monoisotopic (exact) mass is 410 g/mol. The van der Waals surface area contributed by atoms with Crippen LogP contribution in [-0.2, 0) is 7.05 Å². The van der Waals surface area contributed by atoms with Crippen LogP contribution in [0.3, 0.4) is 0 Å². The van der Waals surface area contributed by atoms with Crippen molar-refractivity contribution in [3.8, 4) is 5.75 Å². The molecule has 0 bridgehead atoms. The molecule has 29 heavy (non-hydrogen) atoms. The summed E-state index contributed by atoms with van der Waals surface area (Å²) in [5.74, 6) is -0.329. The van der Waals surface area contributed by atoms with Gasteiger partial charge in [-0.3, -0.25) is 9.67 Å². The number of alkyl halides is 3. The zero-order chi connectivity index (χ0) is 21.2. The molecule has 2 heterocycles. The van der Waals surface area contributed by atoms with E-state index in [2.05, 4.69) is 14.8 Å². The van der Waals surface area contributed by atoms with Crippen LogP contribution in [0.5, 0.6) is 5.75 Å². The van der Waals surface area contributed by atoms with Gasteiger partial charge in [-0.15, -0.1) is 13.2 Å². The molecule has 7 nitrogen and oxygen atoms in total. The minimum Gasteiger partial charge on any atom is -0.406 e. The molecule has 0 spiro atoms. The summed E-state index contributed by atoms with van der Waals surface area (Å²) >= 11 is 0. The first-order chi connectivity index (χ1) is 13.7. The first kappa shape index (κ1) is 20.9. The van der Waals surface area contributed by atoms with E-state index in [0.717, 1.165) is 5.56 Å². The Balaban J connectivity index is 1.96. The van der Waals surface area contributed by atoms with Crippen LogP contribution in [0.4, 0.5) is 13.2 Å². The number of halogens is 3. The fraction of sp³-hybridized carbons (Fsp3) is 0.368. The molecule has 1 aromatic heterocycles. The molecule has 0 fully saturated rings. The van der Waals surface area contributed by atoms with Crippen molar-refractivity contribution in [3.63, 3.8) is 0 Å². The predicted molar refractivity (Wildman–Crippen MR) is 99.9 cm³/mol. The van der Waals surface area contributed by atoms with Gasteiger partial charge in [0.25, 0.3) is 0 Å². The van der Waals surface area contributed by atoms with Crippen LogP contribution in [0.15, 0.2) is 47.7 Å². The molecular weight excluding hydrogens is 389 g/mol. The van der Waals surface area contributed by atoms with Gasteiger partial charge in [0.2, 0.25) is 0 Å². The Labute approximate surface area is 165 Å². The Morgan fingerprint density at radius 2 is 1.93 bits per heavy atom. The molecule has 0 saturated heterocycles. The number of nitrogens with zero attached hydrogens (tertiary/aromatic N) is 4. The fourth-order valence-electron chi connectivity index (χ4n) is 3.16. The maximum Gasteiger partial charge on any atom is 0.573 e. The van der Waals surface area contributed by atoms with E-state index in [9.17, 15) is 23.4 Å². The van der Waals surface area contributed by atoms with Crippen LogP contribution in [0.1, 0.15) is 24.2 Å². The summed E-state index contributed by atoms with van der Waals surface area (Å²) in [5.41, 5.74) is 2.01. The first-order valence-electron chi connectivity index (χ1n) is 8.85. The molecule has 1 aliphatic rings. The van der Waals surface area contributed by atoms with Crippen LogP contribution < -0.4 is 4.74 Å². The molecule has 1 aliphatic heterocycles. The van der Waals surface area contributed by atoms with E-state index in [4.69, 9.17) is 0 Å². The van der Waals surface area contributed by atoms with Crippen molar-refractivity contribution in [2.75, 3.05) is 6.61 Å². The van der Waals surface area contributed by atoms with Crippen molar-refractivity contribution in [2.24, 2.45) is 12.0 Å². The van der Waals surface area contributed by atoms with E-state index < -0.39 is 31.3 Å². The highest BCUT2D eigenvalue weighted by molar-refractivity contribution is 5.86. The smallest absolute Gasteiger partial charge is 0.406 e. The molecule has 0 radical (unpaired) electrons. The van der Waals surface area contributed by atoms with Crippen LogP contribution in [-0.4, -0.2) is 56.2 Å². The van der Waals surface area contributed by atoms with Gasteiger partial charge >= 0.3 is 6.36 Å². The molecule has 2 N–H and O–H groups in total. The highest BCUT2D eigenvalue weighted by Gasteiger charge is 2.34. The number of benzene rings is 1. The Hall–Kier alpha value is -2.85. The molecule has 3 rings (SSSR count). The average Bonchev–Trinajstić information content (AvgIpc) is 3.12. The van der Waals surface area contributed by atoms with Crippen LogP contribution in [0, 0.1) is 0 Å². The van der Waals surface area contributed by atoms with Gasteiger partial charge in [-0.1, -0.05) is 0 Å². The molecule has 0 aliphatic carbocycles. The summed E-state index contributed by atoms with van der Waals surface area (Å²) in [6, 6.07) is 4.90. The van der Waals surface area contributed by atoms with Crippen molar-refractivity contribution in [1.82, 2.24) is 14.7 Å². The Morgan fingerprint density at radius 1 is 1.24 bits per heavy atom. The predicted octanol–water partition coefficient (Wildman–Crippen LogP) is 2.49. The third-order valence-corrected chi connectivity index (χ3v) is 4.59. The summed E-state index contributed by atoms with van der Waals surface area (Å²) in [6.45, 7) is 1.28. The number of aliphatic imine (C=N–C) groups is 1. The molecule has 2 aromatic rings. The van der Waals surface area contributed by atoms with E-state index in [1.165, 1.54) is 24.3 Å². The normalized spacial score (nSPS) is 19.1. The van der Waals surface area contributed by atoms with Crippen molar-refractivity contribution in [2.45, 2.75) is 31.6 Å². The van der Waals surface area contributed by atoms with Crippen molar-refractivity contribution in [3.05, 3.63) is 53.9 Å². The third-order valence-electron chi connectivity index (χ3n) is 4.59. The average molecular weight is 410 g/mol. The number of aliphatic hydroxyl groups is 2. The van der Waals surface area contributed by atoms with Crippen LogP contribution >= 0.6 is 0 Å². The van der Waals surface area contributed by atoms with E-state index in [1.807, 2.05) is 0 Å². The van der Waals surface area contributed by atoms with Gasteiger partial charge in [0.05, 0.1) is 24.9 Å². The number of aliphatic hydroxyl groups excluding tert-OH is 2. The van der Waals surface area contributed by atoms with E-state index in [0.29, 0.717) is 11.3 Å². The number of allylic oxidation sites excluding steroid dienone is 1. The van der Waals surface area contributed by atoms with Gasteiger partial charge in [-0.2, -0.15) is 5.10 Å². The summed E-state index contributed by atoms with van der Waals surface area (Å²) in [4.78, 5) is 6.28. The molecule has 3 atom stereocenters. The second-order valence-corrected chi connectivity index (χ2v) is 6.64. The molecule has 1 aromatic carbocycles. The fourth-order valence-corrected chi connectivity index (χ4v) is 3.16. The van der Waals surface area contributed by atoms with E-state index in [1.54, 1.807) is 48.2 Å². The SMILES string of the molecule is CC(C(O)CO)N1C(c2ccc(OC(F)(F)F)cc2)=CC=NC1c1cnn(C)c1. The molecule has 0 amide bonds. The largest absolute Gasteiger partial charge is 0.573 e. The number of hydrogen-bond donors (Lipinski definition) is 2. The Bertz CT molecular complexity index is 893. The standard InChI is InChI=1S/C19H21F3N4O3/c1-12(17(28)11-27)26-16(7-8-23-18(26)14-9-24-25(2)10-14)13-3-5-15(6-4-13)29-19(20,21)22/h3-10,12,17-18,27-28H,11H2,1-2H3. The summed E-state index contributed by atoms with van der Waals surface area (Å²) in [7, 11) is 1.77. The highest BCUT2D eigenvalue weighted by atomic mass is 19.4. The topological polar surface area (TPSA) is 83.1 Å². The second-order valence-electron chi connectivity index (χ2n) is 6.64. The van der Waals surface area contributed by atoms with Gasteiger partial charge in [0, 0.05) is 30.7 Å². The zero-order valence-corrected chi connectivity index (χ0v) is 15.8. The van der Waals surface area contributed by atoms with Gasteiger partial charge in [-0.05, 0) is 42.8 Å². The summed E-state index contributed by atoms with van der Waals surface area (Å²) in [5, 5.41) is 23.8. The third kappa shape index (κ3) is 4.77. The minimum absolute atomic E-state index is 0.329. The Morgan fingerprint density at radius 3 is 2.48 bits per heavy atom. The van der Waals surface area contributed by atoms with Gasteiger partial charge in [0.1, 0.15) is 11.9 Å². The lowest BCUT2D eigenvalue weighted by Crippen LogP contribution is -2.44. The molecule has 156 valence electrons. The second kappa shape index (κ2) is 8.26. The number of aryl methyl sites for hydroxylation is 1. The number of ether oxygens (including phenoxy) is 1. The summed E-state index contributed by atoms with van der Waals surface area (Å²) in [6.07, 6.45) is 0.390. The number of aromatic nitrogens is 2. The summed E-state index contributed by atoms with van der Waals surface area (Å²) < 4.78 is 42.8. The Kier molecular flexibility index (Phi) is 5.94. The van der Waals surface area contributed by atoms with Gasteiger partial charge in [-0.25, -0.2) is 0 Å². The van der Waals surface area contributed by atoms with Gasteiger partial charge < -0.3 is 19.8 Å². The zero-order valence-electron chi connectivity index (χ0n) is 15.8.